The quantitative estimate of drug-likeness (QED) is 0.843. The maximum absolute atomic E-state index is 12.3. The number of carbonyl (C=O) groups excluding carboxylic acids is 1. The molecule has 1 amide bonds. The van der Waals surface area contributed by atoms with E-state index < -0.39 is 0 Å². The number of hydrogen-bond donors (Lipinski definition) is 2. The number of hydrogen-bond acceptors (Lipinski definition) is 4. The third-order valence-corrected chi connectivity index (χ3v) is 4.45. The van der Waals surface area contributed by atoms with Crippen LogP contribution in [-0.4, -0.2) is 41.7 Å². The van der Waals surface area contributed by atoms with Crippen LogP contribution < -0.4 is 10.2 Å². The molecular weight excluding hydrogens is 290 g/mol. The van der Waals surface area contributed by atoms with Gasteiger partial charge in [0.05, 0.1) is 6.10 Å². The summed E-state index contributed by atoms with van der Waals surface area (Å²) in [6.07, 6.45) is 4.03. The molecule has 2 unspecified atom stereocenters. The van der Waals surface area contributed by atoms with Crippen LogP contribution in [0.2, 0.25) is 0 Å². The van der Waals surface area contributed by atoms with Crippen LogP contribution >= 0.6 is 0 Å². The summed E-state index contributed by atoms with van der Waals surface area (Å²) >= 11 is 0. The predicted molar refractivity (Wildman–Crippen MR) is 92.4 cm³/mol. The molecule has 1 aromatic heterocycles. The molecule has 0 bridgehead atoms. The molecule has 5 heteroatoms. The number of nitrogens with zero attached hydrogens (tertiary/aromatic N) is 2. The first-order valence-corrected chi connectivity index (χ1v) is 8.59. The van der Waals surface area contributed by atoms with Gasteiger partial charge in [0.2, 0.25) is 5.91 Å². The molecule has 0 radical (unpaired) electrons. The first-order valence-electron chi connectivity index (χ1n) is 8.59. The largest absolute Gasteiger partial charge is 0.393 e. The monoisotopic (exact) mass is 319 g/mol. The minimum atomic E-state index is -0.313. The van der Waals surface area contributed by atoms with Crippen LogP contribution in [0.1, 0.15) is 38.7 Å². The van der Waals surface area contributed by atoms with Crippen molar-refractivity contribution in [3.05, 3.63) is 23.9 Å². The fourth-order valence-corrected chi connectivity index (χ4v) is 3.10. The van der Waals surface area contributed by atoms with E-state index in [4.69, 9.17) is 0 Å². The Kier molecular flexibility index (Phi) is 6.39. The van der Waals surface area contributed by atoms with Crippen molar-refractivity contribution in [1.29, 1.82) is 0 Å². The Morgan fingerprint density at radius 3 is 2.65 bits per heavy atom. The summed E-state index contributed by atoms with van der Waals surface area (Å²) in [4.78, 5) is 19.0. The van der Waals surface area contributed by atoms with Gasteiger partial charge < -0.3 is 15.3 Å². The number of pyridine rings is 1. The highest BCUT2D eigenvalue weighted by molar-refractivity contribution is 5.78. The molecule has 2 heterocycles. The van der Waals surface area contributed by atoms with E-state index >= 15 is 0 Å². The zero-order valence-electron chi connectivity index (χ0n) is 14.5. The van der Waals surface area contributed by atoms with E-state index in [1.807, 2.05) is 19.2 Å². The Labute approximate surface area is 139 Å². The third-order valence-electron chi connectivity index (χ3n) is 4.45. The molecule has 23 heavy (non-hydrogen) atoms. The molecule has 128 valence electrons. The molecule has 1 saturated heterocycles. The van der Waals surface area contributed by atoms with Crippen LogP contribution in [0.15, 0.2) is 18.3 Å². The standard InChI is InChI=1S/C18H29N3O2/c1-13-4-5-17(19-11-13)21-8-6-16(7-9-21)18(23)20-12-14(2)10-15(3)22/h4-5,11,14-16,22H,6-10,12H2,1-3H3,(H,20,23). The summed E-state index contributed by atoms with van der Waals surface area (Å²) in [6, 6.07) is 4.12. The lowest BCUT2D eigenvalue weighted by Crippen LogP contribution is -2.42. The summed E-state index contributed by atoms with van der Waals surface area (Å²) in [6.45, 7) is 8.26. The Morgan fingerprint density at radius 1 is 1.39 bits per heavy atom. The van der Waals surface area contributed by atoms with E-state index in [9.17, 15) is 9.90 Å². The molecule has 1 aliphatic rings. The van der Waals surface area contributed by atoms with Crippen LogP contribution in [0.4, 0.5) is 5.82 Å². The maximum atomic E-state index is 12.3. The van der Waals surface area contributed by atoms with Gasteiger partial charge in [-0.1, -0.05) is 13.0 Å². The first-order chi connectivity index (χ1) is 11.0. The fraction of sp³-hybridized carbons (Fsp3) is 0.667. The zero-order valence-corrected chi connectivity index (χ0v) is 14.5. The summed E-state index contributed by atoms with van der Waals surface area (Å²) < 4.78 is 0. The minimum absolute atomic E-state index is 0.0930. The molecule has 2 rings (SSSR count). The van der Waals surface area contributed by atoms with Gasteiger partial charge in [0, 0.05) is 31.7 Å². The van der Waals surface area contributed by atoms with Crippen LogP contribution in [0.5, 0.6) is 0 Å². The fourth-order valence-electron chi connectivity index (χ4n) is 3.10. The summed E-state index contributed by atoms with van der Waals surface area (Å²) in [5, 5.41) is 12.4. The molecule has 0 aliphatic carbocycles. The number of aromatic nitrogens is 1. The van der Waals surface area contributed by atoms with Crippen molar-refractivity contribution in [2.24, 2.45) is 11.8 Å². The van der Waals surface area contributed by atoms with Gasteiger partial charge in [0.1, 0.15) is 5.82 Å². The third kappa shape index (κ3) is 5.50. The average molecular weight is 319 g/mol. The van der Waals surface area contributed by atoms with Gasteiger partial charge in [-0.15, -0.1) is 0 Å². The summed E-state index contributed by atoms with van der Waals surface area (Å²) in [5.74, 6) is 1.55. The number of piperidine rings is 1. The normalized spacial score (nSPS) is 18.5. The molecule has 2 N–H and O–H groups in total. The Bertz CT molecular complexity index is 493. The number of rotatable bonds is 6. The highest BCUT2D eigenvalue weighted by Gasteiger charge is 2.25. The topological polar surface area (TPSA) is 65.5 Å². The van der Waals surface area contributed by atoms with Gasteiger partial charge in [-0.25, -0.2) is 4.98 Å². The highest BCUT2D eigenvalue weighted by Crippen LogP contribution is 2.22. The lowest BCUT2D eigenvalue weighted by molar-refractivity contribution is -0.125. The van der Waals surface area contributed by atoms with Crippen LogP contribution in [0.25, 0.3) is 0 Å². The second kappa shape index (κ2) is 8.29. The van der Waals surface area contributed by atoms with Crippen molar-refractivity contribution in [1.82, 2.24) is 10.3 Å². The van der Waals surface area contributed by atoms with Crippen LogP contribution in [0.3, 0.4) is 0 Å². The van der Waals surface area contributed by atoms with Gasteiger partial charge in [-0.2, -0.15) is 0 Å². The lowest BCUT2D eigenvalue weighted by Gasteiger charge is -2.32. The molecular formula is C18H29N3O2. The molecule has 1 aliphatic heterocycles. The molecule has 0 spiro atoms. The number of aryl methyl sites for hydroxylation is 1. The van der Waals surface area contributed by atoms with E-state index in [-0.39, 0.29) is 17.9 Å². The van der Waals surface area contributed by atoms with E-state index in [2.05, 4.69) is 28.2 Å². The van der Waals surface area contributed by atoms with Crippen molar-refractivity contribution in [2.45, 2.75) is 46.1 Å². The lowest BCUT2D eigenvalue weighted by atomic mass is 9.95. The first kappa shape index (κ1) is 17.7. The second-order valence-electron chi connectivity index (χ2n) is 6.89. The van der Waals surface area contributed by atoms with Gasteiger partial charge in [0.15, 0.2) is 0 Å². The average Bonchev–Trinajstić information content (AvgIpc) is 2.53. The van der Waals surface area contributed by atoms with Crippen molar-refractivity contribution in [3.63, 3.8) is 0 Å². The van der Waals surface area contributed by atoms with Crippen molar-refractivity contribution < 1.29 is 9.90 Å². The smallest absolute Gasteiger partial charge is 0.223 e. The highest BCUT2D eigenvalue weighted by atomic mass is 16.3. The van der Waals surface area contributed by atoms with Crippen molar-refractivity contribution in [2.75, 3.05) is 24.5 Å². The van der Waals surface area contributed by atoms with Gasteiger partial charge in [-0.3, -0.25) is 4.79 Å². The number of nitrogens with one attached hydrogen (secondary N) is 1. The van der Waals surface area contributed by atoms with Gasteiger partial charge in [0.25, 0.3) is 0 Å². The molecule has 2 atom stereocenters. The van der Waals surface area contributed by atoms with E-state index in [0.29, 0.717) is 12.5 Å². The Hall–Kier alpha value is -1.62. The minimum Gasteiger partial charge on any atom is -0.393 e. The second-order valence-corrected chi connectivity index (χ2v) is 6.89. The summed E-state index contributed by atoms with van der Waals surface area (Å²) in [7, 11) is 0. The number of anilines is 1. The van der Waals surface area contributed by atoms with Crippen molar-refractivity contribution in [3.8, 4) is 0 Å². The van der Waals surface area contributed by atoms with E-state index in [1.54, 1.807) is 6.92 Å². The Balaban J connectivity index is 1.75. The summed E-state index contributed by atoms with van der Waals surface area (Å²) in [5.41, 5.74) is 1.16. The molecule has 1 fully saturated rings. The molecule has 5 nitrogen and oxygen atoms in total. The number of amides is 1. The Morgan fingerprint density at radius 2 is 2.09 bits per heavy atom. The molecule has 0 saturated carbocycles. The molecule has 0 aromatic carbocycles. The zero-order chi connectivity index (χ0) is 16.8. The maximum Gasteiger partial charge on any atom is 0.223 e. The molecule has 1 aromatic rings. The van der Waals surface area contributed by atoms with Crippen LogP contribution in [-0.2, 0) is 4.79 Å². The van der Waals surface area contributed by atoms with E-state index in [0.717, 1.165) is 43.7 Å². The SMILES string of the molecule is Cc1ccc(N2CCC(C(=O)NCC(C)CC(C)O)CC2)nc1. The van der Waals surface area contributed by atoms with Crippen LogP contribution in [0, 0.1) is 18.8 Å². The van der Waals surface area contributed by atoms with Gasteiger partial charge in [-0.05, 0) is 50.7 Å². The van der Waals surface area contributed by atoms with E-state index in [1.165, 1.54) is 0 Å². The number of aliphatic hydroxyl groups excluding tert-OH is 1. The number of carbonyl (C=O) groups is 1. The predicted octanol–water partition coefficient (Wildman–Crippen LogP) is 2.13. The van der Waals surface area contributed by atoms with Crippen molar-refractivity contribution >= 4 is 11.7 Å². The number of aliphatic hydroxyl groups is 1. The van der Waals surface area contributed by atoms with Gasteiger partial charge >= 0.3 is 0 Å².